The van der Waals surface area contributed by atoms with Crippen LogP contribution in [0, 0.1) is 13.8 Å². The number of hydrogen-bond donors (Lipinski definition) is 1. The van der Waals surface area contributed by atoms with Gasteiger partial charge in [-0.15, -0.1) is 0 Å². The molecular formula is C23H21N3O. The van der Waals surface area contributed by atoms with Crippen molar-refractivity contribution in [1.29, 1.82) is 0 Å². The van der Waals surface area contributed by atoms with E-state index in [2.05, 4.69) is 15.0 Å². The SMILES string of the molecule is Cc1cccc(CC(c2cccnc2)c2ccc3ccc(C)nc3c2O)n1. The summed E-state index contributed by atoms with van der Waals surface area (Å²) in [6.45, 7) is 3.92. The highest BCUT2D eigenvalue weighted by atomic mass is 16.3. The Morgan fingerprint density at radius 1 is 0.889 bits per heavy atom. The number of nitrogens with zero attached hydrogens (tertiary/aromatic N) is 3. The zero-order valence-corrected chi connectivity index (χ0v) is 15.4. The third kappa shape index (κ3) is 3.51. The van der Waals surface area contributed by atoms with Crippen LogP contribution in [-0.2, 0) is 6.42 Å². The van der Waals surface area contributed by atoms with Gasteiger partial charge in [-0.1, -0.05) is 30.3 Å². The molecule has 0 spiro atoms. The summed E-state index contributed by atoms with van der Waals surface area (Å²) in [5, 5.41) is 12.0. The number of aromatic hydroxyl groups is 1. The van der Waals surface area contributed by atoms with Crippen LogP contribution in [0.2, 0.25) is 0 Å². The summed E-state index contributed by atoms with van der Waals surface area (Å²) >= 11 is 0. The van der Waals surface area contributed by atoms with Gasteiger partial charge in [0.2, 0.25) is 0 Å². The Labute approximate surface area is 158 Å². The third-order valence-corrected chi connectivity index (χ3v) is 4.83. The van der Waals surface area contributed by atoms with Gasteiger partial charge in [0, 0.05) is 52.8 Å². The Bertz CT molecular complexity index is 1090. The van der Waals surface area contributed by atoms with E-state index in [1.165, 1.54) is 0 Å². The predicted molar refractivity (Wildman–Crippen MR) is 107 cm³/mol. The molecule has 0 aliphatic heterocycles. The predicted octanol–water partition coefficient (Wildman–Crippen LogP) is 4.72. The fourth-order valence-electron chi connectivity index (χ4n) is 3.48. The lowest BCUT2D eigenvalue weighted by Crippen LogP contribution is -2.08. The largest absolute Gasteiger partial charge is 0.505 e. The van der Waals surface area contributed by atoms with Gasteiger partial charge in [-0.05, 0) is 43.7 Å². The highest BCUT2D eigenvalue weighted by molar-refractivity contribution is 5.86. The second-order valence-corrected chi connectivity index (χ2v) is 6.84. The highest BCUT2D eigenvalue weighted by Gasteiger charge is 2.21. The monoisotopic (exact) mass is 355 g/mol. The number of phenols is 1. The molecule has 0 amide bonds. The smallest absolute Gasteiger partial charge is 0.145 e. The van der Waals surface area contributed by atoms with Gasteiger partial charge in [0.05, 0.1) is 0 Å². The Kier molecular flexibility index (Phi) is 4.55. The number of benzene rings is 1. The summed E-state index contributed by atoms with van der Waals surface area (Å²) in [7, 11) is 0. The summed E-state index contributed by atoms with van der Waals surface area (Å²) in [5.74, 6) is 0.178. The third-order valence-electron chi connectivity index (χ3n) is 4.83. The van der Waals surface area contributed by atoms with E-state index in [1.807, 2.05) is 74.6 Å². The molecule has 27 heavy (non-hydrogen) atoms. The fraction of sp³-hybridized carbons (Fsp3) is 0.174. The quantitative estimate of drug-likeness (QED) is 0.575. The van der Waals surface area contributed by atoms with Gasteiger partial charge in [-0.25, -0.2) is 4.98 Å². The number of phenolic OH excluding ortho intramolecular Hbond substituents is 1. The molecule has 0 aliphatic carbocycles. The molecule has 1 N–H and O–H groups in total. The molecular weight excluding hydrogens is 334 g/mol. The van der Waals surface area contributed by atoms with Gasteiger partial charge in [-0.3, -0.25) is 9.97 Å². The zero-order valence-electron chi connectivity index (χ0n) is 15.4. The molecule has 0 fully saturated rings. The Hall–Kier alpha value is -3.27. The maximum absolute atomic E-state index is 11.0. The van der Waals surface area contributed by atoms with Crippen molar-refractivity contribution in [3.05, 3.63) is 95.2 Å². The van der Waals surface area contributed by atoms with E-state index in [9.17, 15) is 5.11 Å². The van der Waals surface area contributed by atoms with Crippen molar-refractivity contribution in [1.82, 2.24) is 15.0 Å². The number of hydrogen-bond acceptors (Lipinski definition) is 4. The minimum atomic E-state index is -0.0558. The molecule has 0 aliphatic rings. The van der Waals surface area contributed by atoms with Crippen molar-refractivity contribution in [3.8, 4) is 5.75 Å². The topological polar surface area (TPSA) is 58.9 Å². The first-order valence-electron chi connectivity index (χ1n) is 9.03. The summed E-state index contributed by atoms with van der Waals surface area (Å²) < 4.78 is 0. The summed E-state index contributed by atoms with van der Waals surface area (Å²) in [4.78, 5) is 13.5. The molecule has 134 valence electrons. The second kappa shape index (κ2) is 7.16. The molecule has 0 saturated carbocycles. The number of aryl methyl sites for hydroxylation is 2. The number of rotatable bonds is 4. The molecule has 1 unspecified atom stereocenters. The molecule has 4 nitrogen and oxygen atoms in total. The van der Waals surface area contributed by atoms with Crippen LogP contribution in [0.3, 0.4) is 0 Å². The number of pyridine rings is 3. The van der Waals surface area contributed by atoms with E-state index in [0.29, 0.717) is 11.9 Å². The Morgan fingerprint density at radius 2 is 1.70 bits per heavy atom. The normalized spacial score (nSPS) is 12.2. The maximum atomic E-state index is 11.0. The van der Waals surface area contributed by atoms with Crippen molar-refractivity contribution in [2.45, 2.75) is 26.2 Å². The van der Waals surface area contributed by atoms with Gasteiger partial charge < -0.3 is 5.11 Å². The molecule has 4 aromatic rings. The second-order valence-electron chi connectivity index (χ2n) is 6.84. The maximum Gasteiger partial charge on any atom is 0.145 e. The van der Waals surface area contributed by atoms with Crippen molar-refractivity contribution in [2.75, 3.05) is 0 Å². The first kappa shape index (κ1) is 17.2. The van der Waals surface area contributed by atoms with E-state index in [-0.39, 0.29) is 11.7 Å². The summed E-state index contributed by atoms with van der Waals surface area (Å²) in [6, 6.07) is 17.9. The minimum Gasteiger partial charge on any atom is -0.505 e. The number of fused-ring (bicyclic) bond motifs is 1. The van der Waals surface area contributed by atoms with Gasteiger partial charge >= 0.3 is 0 Å². The average molecular weight is 355 g/mol. The fourth-order valence-corrected chi connectivity index (χ4v) is 3.48. The molecule has 0 saturated heterocycles. The van der Waals surface area contributed by atoms with Crippen molar-refractivity contribution in [3.63, 3.8) is 0 Å². The van der Waals surface area contributed by atoms with E-state index in [4.69, 9.17) is 0 Å². The van der Waals surface area contributed by atoms with Crippen LogP contribution in [-0.4, -0.2) is 20.1 Å². The standard InChI is InChI=1S/C23H21N3O/c1-15-5-3-7-19(25-15)13-21(18-6-4-12-24-14-18)20-11-10-17-9-8-16(2)26-22(17)23(20)27/h3-12,14,21,27H,13H2,1-2H3. The van der Waals surface area contributed by atoms with Gasteiger partial charge in [0.1, 0.15) is 11.3 Å². The van der Waals surface area contributed by atoms with Crippen LogP contribution in [0.1, 0.15) is 34.1 Å². The van der Waals surface area contributed by atoms with E-state index in [0.717, 1.165) is 33.6 Å². The van der Waals surface area contributed by atoms with Crippen LogP contribution in [0.15, 0.2) is 67.0 Å². The molecule has 1 aromatic carbocycles. The van der Waals surface area contributed by atoms with Gasteiger partial charge in [0.25, 0.3) is 0 Å². The van der Waals surface area contributed by atoms with Gasteiger partial charge in [-0.2, -0.15) is 0 Å². The van der Waals surface area contributed by atoms with Crippen molar-refractivity contribution < 1.29 is 5.11 Å². The van der Waals surface area contributed by atoms with Gasteiger partial charge in [0.15, 0.2) is 0 Å². The Morgan fingerprint density at radius 3 is 2.48 bits per heavy atom. The summed E-state index contributed by atoms with van der Waals surface area (Å²) in [5.41, 5.74) is 5.38. The molecule has 0 bridgehead atoms. The van der Waals surface area contributed by atoms with E-state index in [1.54, 1.807) is 6.20 Å². The first-order chi connectivity index (χ1) is 13.1. The van der Waals surface area contributed by atoms with Crippen LogP contribution in [0.4, 0.5) is 0 Å². The van der Waals surface area contributed by atoms with E-state index >= 15 is 0 Å². The lowest BCUT2D eigenvalue weighted by atomic mass is 9.87. The Balaban J connectivity index is 1.86. The lowest BCUT2D eigenvalue weighted by Gasteiger charge is -2.19. The summed E-state index contributed by atoms with van der Waals surface area (Å²) in [6.07, 6.45) is 4.29. The molecule has 3 heterocycles. The zero-order chi connectivity index (χ0) is 18.8. The molecule has 4 rings (SSSR count). The van der Waals surface area contributed by atoms with Crippen LogP contribution < -0.4 is 0 Å². The minimum absolute atomic E-state index is 0.0558. The molecule has 4 heteroatoms. The first-order valence-corrected chi connectivity index (χ1v) is 9.03. The van der Waals surface area contributed by atoms with Crippen LogP contribution in [0.5, 0.6) is 5.75 Å². The van der Waals surface area contributed by atoms with Crippen molar-refractivity contribution in [2.24, 2.45) is 0 Å². The van der Waals surface area contributed by atoms with E-state index < -0.39 is 0 Å². The highest BCUT2D eigenvalue weighted by Crippen LogP contribution is 2.37. The van der Waals surface area contributed by atoms with Crippen LogP contribution in [0.25, 0.3) is 10.9 Å². The lowest BCUT2D eigenvalue weighted by molar-refractivity contribution is 0.469. The number of aromatic nitrogens is 3. The molecule has 1 atom stereocenters. The van der Waals surface area contributed by atoms with Crippen LogP contribution >= 0.6 is 0 Å². The average Bonchev–Trinajstić information content (AvgIpc) is 2.68. The molecule has 0 radical (unpaired) electrons. The van der Waals surface area contributed by atoms with Crippen molar-refractivity contribution >= 4 is 10.9 Å². The molecule has 3 aromatic heterocycles.